The van der Waals surface area contributed by atoms with Gasteiger partial charge in [0.1, 0.15) is 11.5 Å². The lowest BCUT2D eigenvalue weighted by Crippen LogP contribution is -2.12. The van der Waals surface area contributed by atoms with E-state index in [9.17, 15) is 13.6 Å². The number of hydrogen-bond donors (Lipinski definition) is 0. The van der Waals surface area contributed by atoms with Crippen LogP contribution in [0.3, 0.4) is 0 Å². The van der Waals surface area contributed by atoms with Crippen molar-refractivity contribution in [2.24, 2.45) is 0 Å². The summed E-state index contributed by atoms with van der Waals surface area (Å²) in [6, 6.07) is 11.6. The van der Waals surface area contributed by atoms with Crippen LogP contribution < -0.4 is 9.47 Å². The lowest BCUT2D eigenvalue weighted by Gasteiger charge is -2.08. The van der Waals surface area contributed by atoms with Gasteiger partial charge in [0.05, 0.1) is 16.7 Å². The van der Waals surface area contributed by atoms with E-state index in [1.165, 1.54) is 42.5 Å². The summed E-state index contributed by atoms with van der Waals surface area (Å²) in [6.45, 7) is -3.20. The molecular weight excluding hydrogens is 328 g/mol. The molecule has 0 unspecified atom stereocenters. The molecule has 2 aromatic carbocycles. The molecule has 0 aliphatic carbocycles. The Hall–Kier alpha value is -2.65. The summed E-state index contributed by atoms with van der Waals surface area (Å²) in [7, 11) is 0. The van der Waals surface area contributed by atoms with Crippen LogP contribution in [0, 0.1) is 11.3 Å². The third-order valence-electron chi connectivity index (χ3n) is 2.82. The molecule has 7 heteroatoms. The fraction of sp³-hybridized carbons (Fsp3) is 0.125. The molecule has 4 nitrogen and oxygen atoms in total. The van der Waals surface area contributed by atoms with Gasteiger partial charge in [0.2, 0.25) is 0 Å². The van der Waals surface area contributed by atoms with Crippen LogP contribution in [-0.4, -0.2) is 19.0 Å². The zero-order chi connectivity index (χ0) is 16.8. The topological polar surface area (TPSA) is 59.3 Å². The van der Waals surface area contributed by atoms with E-state index in [0.29, 0.717) is 5.56 Å². The first-order chi connectivity index (χ1) is 11.0. The molecule has 0 bridgehead atoms. The van der Waals surface area contributed by atoms with Gasteiger partial charge in [-0.2, -0.15) is 14.0 Å². The number of rotatable bonds is 6. The number of carbonyl (C=O) groups excluding carboxylic acids is 1. The van der Waals surface area contributed by atoms with Gasteiger partial charge in [-0.15, -0.1) is 0 Å². The van der Waals surface area contributed by atoms with E-state index in [-0.39, 0.29) is 34.5 Å². The summed E-state index contributed by atoms with van der Waals surface area (Å²) in [5.41, 5.74) is 0.666. The second-order valence-corrected chi connectivity index (χ2v) is 4.78. The Morgan fingerprint density at radius 2 is 1.91 bits per heavy atom. The second-order valence-electron chi connectivity index (χ2n) is 4.37. The minimum atomic E-state index is -2.92. The number of nitriles is 1. The van der Waals surface area contributed by atoms with Crippen molar-refractivity contribution < 1.29 is 23.0 Å². The minimum Gasteiger partial charge on any atom is -0.484 e. The maximum absolute atomic E-state index is 12.0. The van der Waals surface area contributed by atoms with Gasteiger partial charge < -0.3 is 9.47 Å². The summed E-state index contributed by atoms with van der Waals surface area (Å²) in [6.07, 6.45) is 0. The van der Waals surface area contributed by atoms with Gasteiger partial charge >= 0.3 is 6.61 Å². The molecular formula is C16H10ClF2NO3. The normalized spacial score (nSPS) is 10.2. The summed E-state index contributed by atoms with van der Waals surface area (Å²) in [5.74, 6) is -0.113. The molecule has 0 fully saturated rings. The minimum absolute atomic E-state index is 0.0346. The summed E-state index contributed by atoms with van der Waals surface area (Å²) >= 11 is 5.93. The predicted octanol–water partition coefficient (Wildman–Crippen LogP) is 4.07. The first kappa shape index (κ1) is 16.7. The zero-order valence-corrected chi connectivity index (χ0v) is 12.4. The molecule has 2 rings (SSSR count). The van der Waals surface area contributed by atoms with E-state index in [4.69, 9.17) is 21.6 Å². The van der Waals surface area contributed by atoms with Crippen LogP contribution >= 0.6 is 11.6 Å². The second kappa shape index (κ2) is 7.56. The molecule has 0 saturated carbocycles. The Bertz CT molecular complexity index is 742. The summed E-state index contributed by atoms with van der Waals surface area (Å²) in [4.78, 5) is 12.0. The summed E-state index contributed by atoms with van der Waals surface area (Å²) < 4.78 is 33.6. The molecule has 0 aromatic heterocycles. The zero-order valence-electron chi connectivity index (χ0n) is 11.6. The van der Waals surface area contributed by atoms with Crippen LogP contribution in [0.2, 0.25) is 5.02 Å². The molecule has 118 valence electrons. The number of ketones is 1. The number of hydrogen-bond acceptors (Lipinski definition) is 4. The first-order valence-electron chi connectivity index (χ1n) is 6.40. The molecule has 2 aromatic rings. The molecule has 0 radical (unpaired) electrons. The Kier molecular flexibility index (Phi) is 5.50. The summed E-state index contributed by atoms with van der Waals surface area (Å²) in [5, 5.41) is 8.96. The Balaban J connectivity index is 1.98. The van der Waals surface area contributed by atoms with Crippen molar-refractivity contribution in [3.8, 4) is 17.6 Å². The van der Waals surface area contributed by atoms with E-state index in [2.05, 4.69) is 4.74 Å². The number of carbonyl (C=O) groups is 1. The molecule has 0 heterocycles. The van der Waals surface area contributed by atoms with E-state index < -0.39 is 6.61 Å². The van der Waals surface area contributed by atoms with Crippen LogP contribution in [0.5, 0.6) is 11.5 Å². The maximum atomic E-state index is 12.0. The van der Waals surface area contributed by atoms with Crippen LogP contribution in [0.15, 0.2) is 42.5 Å². The van der Waals surface area contributed by atoms with Gasteiger partial charge in [-0.05, 0) is 42.5 Å². The van der Waals surface area contributed by atoms with Gasteiger partial charge in [0, 0.05) is 5.56 Å². The van der Waals surface area contributed by atoms with Crippen molar-refractivity contribution in [2.45, 2.75) is 6.61 Å². The van der Waals surface area contributed by atoms with Crippen molar-refractivity contribution in [2.75, 3.05) is 6.61 Å². The number of ether oxygens (including phenoxy) is 2. The number of alkyl halides is 2. The molecule has 0 saturated heterocycles. The quantitative estimate of drug-likeness (QED) is 0.745. The third-order valence-corrected chi connectivity index (χ3v) is 3.12. The smallest absolute Gasteiger partial charge is 0.387 e. The molecule has 0 aliphatic rings. The van der Waals surface area contributed by atoms with Gasteiger partial charge in [-0.1, -0.05) is 11.6 Å². The monoisotopic (exact) mass is 337 g/mol. The van der Waals surface area contributed by atoms with Gasteiger partial charge in [0.25, 0.3) is 0 Å². The SMILES string of the molecule is N#Cc1ccc(OCC(=O)c2ccc(OC(F)F)cc2)c(Cl)c1. The van der Waals surface area contributed by atoms with E-state index in [1.807, 2.05) is 6.07 Å². The highest BCUT2D eigenvalue weighted by molar-refractivity contribution is 6.32. The van der Waals surface area contributed by atoms with E-state index in [1.54, 1.807) is 0 Å². The highest BCUT2D eigenvalue weighted by atomic mass is 35.5. The standard InChI is InChI=1S/C16H10ClF2NO3/c17-13-7-10(8-20)1-6-15(13)22-9-14(21)11-2-4-12(5-3-11)23-16(18)19/h1-7,16H,9H2. The van der Waals surface area contributed by atoms with Crippen molar-refractivity contribution >= 4 is 17.4 Å². The van der Waals surface area contributed by atoms with Crippen molar-refractivity contribution in [1.29, 1.82) is 5.26 Å². The average molecular weight is 338 g/mol. The van der Waals surface area contributed by atoms with Crippen LogP contribution in [0.25, 0.3) is 0 Å². The van der Waals surface area contributed by atoms with Crippen molar-refractivity contribution in [1.82, 2.24) is 0 Å². The fourth-order valence-electron chi connectivity index (χ4n) is 1.74. The third kappa shape index (κ3) is 4.66. The van der Waals surface area contributed by atoms with Crippen LogP contribution in [-0.2, 0) is 0 Å². The first-order valence-corrected chi connectivity index (χ1v) is 6.78. The number of Topliss-reactive ketones (excluding diaryl/α,β-unsaturated/α-hetero) is 1. The van der Waals surface area contributed by atoms with Gasteiger partial charge in [-0.3, -0.25) is 4.79 Å². The van der Waals surface area contributed by atoms with Crippen molar-refractivity contribution in [3.63, 3.8) is 0 Å². The number of benzene rings is 2. The molecule has 0 amide bonds. The molecule has 0 spiro atoms. The highest BCUT2D eigenvalue weighted by Gasteiger charge is 2.10. The molecule has 0 aliphatic heterocycles. The molecule has 0 atom stereocenters. The Labute approximate surface area is 135 Å². The number of nitrogens with zero attached hydrogens (tertiary/aromatic N) is 1. The average Bonchev–Trinajstić information content (AvgIpc) is 2.53. The highest BCUT2D eigenvalue weighted by Crippen LogP contribution is 2.25. The van der Waals surface area contributed by atoms with Gasteiger partial charge in [0.15, 0.2) is 12.4 Å². The lowest BCUT2D eigenvalue weighted by atomic mass is 10.1. The predicted molar refractivity (Wildman–Crippen MR) is 79.1 cm³/mol. The lowest BCUT2D eigenvalue weighted by molar-refractivity contribution is -0.0498. The maximum Gasteiger partial charge on any atom is 0.387 e. The number of halogens is 3. The van der Waals surface area contributed by atoms with Crippen LogP contribution in [0.4, 0.5) is 8.78 Å². The van der Waals surface area contributed by atoms with E-state index in [0.717, 1.165) is 0 Å². The van der Waals surface area contributed by atoms with E-state index >= 15 is 0 Å². The van der Waals surface area contributed by atoms with Crippen LogP contribution in [0.1, 0.15) is 15.9 Å². The largest absolute Gasteiger partial charge is 0.484 e. The van der Waals surface area contributed by atoms with Crippen molar-refractivity contribution in [3.05, 3.63) is 58.6 Å². The molecule has 0 N–H and O–H groups in total. The van der Waals surface area contributed by atoms with Gasteiger partial charge in [-0.25, -0.2) is 0 Å². The molecule has 23 heavy (non-hydrogen) atoms. The Morgan fingerprint density at radius 3 is 2.48 bits per heavy atom. The Morgan fingerprint density at radius 1 is 1.22 bits per heavy atom. The fourth-order valence-corrected chi connectivity index (χ4v) is 1.97.